The van der Waals surface area contributed by atoms with Gasteiger partial charge in [-0.1, -0.05) is 46.4 Å². The van der Waals surface area contributed by atoms with Crippen molar-refractivity contribution in [2.24, 2.45) is 0 Å². The smallest absolute Gasteiger partial charge is 0.181 e. The Kier molecular flexibility index (Phi) is 2.66. The Morgan fingerprint density at radius 3 is 2.29 bits per heavy atom. The highest BCUT2D eigenvalue weighted by Gasteiger charge is 2.10. The topological polar surface area (TPSA) is 38.7 Å². The second-order valence-electron chi connectivity index (χ2n) is 2.40. The lowest BCUT2D eigenvalue weighted by Gasteiger charge is -2.01. The van der Waals surface area contributed by atoms with Crippen molar-refractivity contribution in [2.75, 3.05) is 0 Å². The number of hydrogen-bond donors (Lipinski definition) is 0. The van der Waals surface area contributed by atoms with Gasteiger partial charge in [-0.2, -0.15) is 0 Å². The molecule has 2 heterocycles. The summed E-state index contributed by atoms with van der Waals surface area (Å²) in [7, 11) is 0. The molecule has 2 rings (SSSR count). The molecular formula is C7HCl4N3. The van der Waals surface area contributed by atoms with Crippen LogP contribution < -0.4 is 0 Å². The van der Waals surface area contributed by atoms with Crippen LogP contribution in [0.5, 0.6) is 0 Å². The lowest BCUT2D eigenvalue weighted by atomic mass is 10.4. The van der Waals surface area contributed by atoms with Gasteiger partial charge in [0.1, 0.15) is 5.52 Å². The van der Waals surface area contributed by atoms with Gasteiger partial charge in [-0.05, 0) is 0 Å². The maximum absolute atomic E-state index is 5.87. The first-order chi connectivity index (χ1) is 6.59. The molecule has 3 nitrogen and oxygen atoms in total. The molecule has 0 spiro atoms. The summed E-state index contributed by atoms with van der Waals surface area (Å²) in [4.78, 5) is 11.7. The highest BCUT2D eigenvalue weighted by molar-refractivity contribution is 6.45. The number of nitrogens with zero attached hydrogens (tertiary/aromatic N) is 3. The van der Waals surface area contributed by atoms with E-state index < -0.39 is 0 Å². The molecule has 0 saturated heterocycles. The maximum atomic E-state index is 5.87. The van der Waals surface area contributed by atoms with Gasteiger partial charge < -0.3 is 0 Å². The van der Waals surface area contributed by atoms with E-state index in [1.54, 1.807) is 0 Å². The zero-order valence-corrected chi connectivity index (χ0v) is 9.45. The fraction of sp³-hybridized carbons (Fsp3) is 0. The fourth-order valence-electron chi connectivity index (χ4n) is 0.911. The standard InChI is InChI=1S/C7HCl4N3/c8-2-1-12-7-4(3(2)9)13-5(10)6(11)14-7/h1H. The van der Waals surface area contributed by atoms with Gasteiger partial charge in [-0.25, -0.2) is 15.0 Å². The molecule has 2 aromatic heterocycles. The van der Waals surface area contributed by atoms with E-state index in [0.717, 1.165) is 0 Å². The Hall–Kier alpha value is -0.350. The van der Waals surface area contributed by atoms with Gasteiger partial charge in [0.25, 0.3) is 0 Å². The van der Waals surface area contributed by atoms with Crippen molar-refractivity contribution in [2.45, 2.75) is 0 Å². The average molecular weight is 269 g/mol. The van der Waals surface area contributed by atoms with Crippen LogP contribution >= 0.6 is 46.4 Å². The molecule has 0 amide bonds. The SMILES string of the molecule is Clc1cnc2nc(Cl)c(Cl)nc2c1Cl. The minimum absolute atomic E-state index is 0.0742. The second kappa shape index (κ2) is 3.66. The molecule has 0 bridgehead atoms. The molecule has 0 aliphatic rings. The number of aromatic nitrogens is 3. The summed E-state index contributed by atoms with van der Waals surface area (Å²) in [6, 6.07) is 0. The van der Waals surface area contributed by atoms with Crippen LogP contribution in [0.15, 0.2) is 6.20 Å². The number of hydrogen-bond acceptors (Lipinski definition) is 3. The predicted molar refractivity (Wildman–Crippen MR) is 57.4 cm³/mol. The maximum Gasteiger partial charge on any atom is 0.181 e. The lowest BCUT2D eigenvalue weighted by Crippen LogP contribution is -1.91. The summed E-state index contributed by atoms with van der Waals surface area (Å²) in [5.74, 6) is 0. The van der Waals surface area contributed by atoms with Crippen LogP contribution in [-0.2, 0) is 0 Å². The lowest BCUT2D eigenvalue weighted by molar-refractivity contribution is 1.22. The zero-order valence-electron chi connectivity index (χ0n) is 6.43. The van der Waals surface area contributed by atoms with E-state index in [2.05, 4.69) is 15.0 Å². The third-order valence-electron chi connectivity index (χ3n) is 1.51. The number of halogens is 4. The minimum atomic E-state index is 0.0742. The van der Waals surface area contributed by atoms with Crippen molar-refractivity contribution in [1.82, 2.24) is 15.0 Å². The van der Waals surface area contributed by atoms with Gasteiger partial charge in [0.15, 0.2) is 16.0 Å². The molecule has 72 valence electrons. The molecule has 7 heteroatoms. The normalized spacial score (nSPS) is 10.9. The fourth-order valence-corrected chi connectivity index (χ4v) is 1.47. The molecule has 0 unspecified atom stereocenters. The van der Waals surface area contributed by atoms with Crippen molar-refractivity contribution in [1.29, 1.82) is 0 Å². The Bertz CT molecular complexity index is 514. The largest absolute Gasteiger partial charge is 0.234 e. The van der Waals surface area contributed by atoms with Crippen LogP contribution in [0.25, 0.3) is 11.2 Å². The van der Waals surface area contributed by atoms with E-state index >= 15 is 0 Å². The first-order valence-electron chi connectivity index (χ1n) is 3.42. The quantitative estimate of drug-likeness (QED) is 0.732. The summed E-state index contributed by atoms with van der Waals surface area (Å²) in [5, 5.41) is 0.727. The highest BCUT2D eigenvalue weighted by Crippen LogP contribution is 2.29. The molecule has 0 aliphatic carbocycles. The Labute approximate surface area is 99.0 Å². The molecule has 0 aliphatic heterocycles. The van der Waals surface area contributed by atoms with E-state index in [9.17, 15) is 0 Å². The molecule has 0 aromatic carbocycles. The van der Waals surface area contributed by atoms with E-state index in [4.69, 9.17) is 46.4 Å². The first-order valence-corrected chi connectivity index (χ1v) is 4.93. The van der Waals surface area contributed by atoms with Crippen LogP contribution in [0.4, 0.5) is 0 Å². The van der Waals surface area contributed by atoms with Gasteiger partial charge in [-0.3, -0.25) is 0 Å². The summed E-state index contributed by atoms with van der Waals surface area (Å²) in [6.07, 6.45) is 1.38. The Morgan fingerprint density at radius 1 is 0.929 bits per heavy atom. The molecule has 14 heavy (non-hydrogen) atoms. The van der Waals surface area contributed by atoms with E-state index in [1.165, 1.54) is 6.20 Å². The zero-order chi connectivity index (χ0) is 10.3. The van der Waals surface area contributed by atoms with Gasteiger partial charge >= 0.3 is 0 Å². The number of fused-ring (bicyclic) bond motifs is 1. The van der Waals surface area contributed by atoms with E-state index in [1.807, 2.05) is 0 Å². The first kappa shape index (κ1) is 10.2. The van der Waals surface area contributed by atoms with Crippen molar-refractivity contribution in [3.05, 3.63) is 26.5 Å². The van der Waals surface area contributed by atoms with Gasteiger partial charge in [-0.15, -0.1) is 0 Å². The van der Waals surface area contributed by atoms with Crippen LogP contribution in [0.2, 0.25) is 20.4 Å². The average Bonchev–Trinajstić information content (AvgIpc) is 2.15. The third kappa shape index (κ3) is 1.61. The summed E-state index contributed by atoms with van der Waals surface area (Å²) >= 11 is 23.0. The van der Waals surface area contributed by atoms with Crippen LogP contribution in [-0.4, -0.2) is 15.0 Å². The van der Waals surface area contributed by atoms with Crippen LogP contribution in [0.3, 0.4) is 0 Å². The molecule has 0 radical (unpaired) electrons. The van der Waals surface area contributed by atoms with Gasteiger partial charge in [0.05, 0.1) is 10.0 Å². The minimum Gasteiger partial charge on any atom is -0.234 e. The molecular weight excluding hydrogens is 268 g/mol. The van der Waals surface area contributed by atoms with Crippen LogP contribution in [0.1, 0.15) is 0 Å². The van der Waals surface area contributed by atoms with E-state index in [-0.39, 0.29) is 15.3 Å². The van der Waals surface area contributed by atoms with Crippen molar-refractivity contribution in [3.8, 4) is 0 Å². The van der Waals surface area contributed by atoms with Gasteiger partial charge in [0.2, 0.25) is 0 Å². The Morgan fingerprint density at radius 2 is 1.57 bits per heavy atom. The number of rotatable bonds is 0. The summed E-state index contributed by atoms with van der Waals surface area (Å²) < 4.78 is 0. The molecule has 0 fully saturated rings. The predicted octanol–water partition coefficient (Wildman–Crippen LogP) is 3.64. The molecule has 2 aromatic rings. The van der Waals surface area contributed by atoms with Crippen molar-refractivity contribution >= 4 is 57.6 Å². The molecule has 0 N–H and O–H groups in total. The summed E-state index contributed by atoms with van der Waals surface area (Å²) in [5.41, 5.74) is 0.655. The van der Waals surface area contributed by atoms with Crippen molar-refractivity contribution < 1.29 is 0 Å². The monoisotopic (exact) mass is 267 g/mol. The highest BCUT2D eigenvalue weighted by atomic mass is 35.5. The summed E-state index contributed by atoms with van der Waals surface area (Å²) in [6.45, 7) is 0. The molecule has 0 saturated carbocycles. The van der Waals surface area contributed by atoms with Crippen molar-refractivity contribution in [3.63, 3.8) is 0 Å². The molecule has 0 atom stereocenters. The second-order valence-corrected chi connectivity index (χ2v) is 3.90. The number of pyridine rings is 1. The van der Waals surface area contributed by atoms with Crippen LogP contribution in [0, 0.1) is 0 Å². The van der Waals surface area contributed by atoms with Gasteiger partial charge in [0, 0.05) is 6.20 Å². The Balaban J connectivity index is 2.89. The third-order valence-corrected chi connectivity index (χ3v) is 2.90. The van der Waals surface area contributed by atoms with E-state index in [0.29, 0.717) is 16.2 Å².